The molecular weight excluding hydrogens is 146 g/mol. The highest BCUT2D eigenvalue weighted by molar-refractivity contribution is 7.98. The van der Waals surface area contributed by atoms with Crippen molar-refractivity contribution in [2.75, 3.05) is 32.7 Å². The summed E-state index contributed by atoms with van der Waals surface area (Å²) in [5.74, 6) is 1.13. The molecule has 0 aliphatic rings. The standard InChI is InChI=1S/C7H17NOS/c1-8(2)7(6-9)4-5-10-3/h7,9H,4-6H2,1-3H3. The van der Waals surface area contributed by atoms with Gasteiger partial charge in [0.2, 0.25) is 0 Å². The number of hydrogen-bond acceptors (Lipinski definition) is 3. The molecule has 0 saturated heterocycles. The lowest BCUT2D eigenvalue weighted by molar-refractivity contribution is 0.166. The van der Waals surface area contributed by atoms with Crippen LogP contribution in [0.5, 0.6) is 0 Å². The number of aliphatic hydroxyl groups excluding tert-OH is 1. The fourth-order valence-corrected chi connectivity index (χ4v) is 1.27. The molecule has 0 aromatic heterocycles. The third kappa shape index (κ3) is 4.14. The van der Waals surface area contributed by atoms with Gasteiger partial charge in [0.15, 0.2) is 0 Å². The van der Waals surface area contributed by atoms with Gasteiger partial charge >= 0.3 is 0 Å². The summed E-state index contributed by atoms with van der Waals surface area (Å²) < 4.78 is 0. The molecule has 0 amide bonds. The van der Waals surface area contributed by atoms with Gasteiger partial charge in [0.25, 0.3) is 0 Å². The molecule has 0 heterocycles. The van der Waals surface area contributed by atoms with Crippen LogP contribution in [0.4, 0.5) is 0 Å². The molecular formula is C7H17NOS. The van der Waals surface area contributed by atoms with E-state index in [-0.39, 0.29) is 6.61 Å². The summed E-state index contributed by atoms with van der Waals surface area (Å²) in [4.78, 5) is 2.07. The zero-order valence-corrected chi connectivity index (χ0v) is 7.82. The molecule has 0 spiro atoms. The Balaban J connectivity index is 3.40. The Hall–Kier alpha value is 0.270. The normalized spacial score (nSPS) is 14.1. The van der Waals surface area contributed by atoms with E-state index in [2.05, 4.69) is 11.2 Å². The van der Waals surface area contributed by atoms with Gasteiger partial charge in [-0.2, -0.15) is 11.8 Å². The van der Waals surface area contributed by atoms with E-state index in [4.69, 9.17) is 5.11 Å². The zero-order valence-electron chi connectivity index (χ0n) is 7.00. The molecule has 2 nitrogen and oxygen atoms in total. The highest BCUT2D eigenvalue weighted by atomic mass is 32.2. The van der Waals surface area contributed by atoms with E-state index in [0.717, 1.165) is 12.2 Å². The van der Waals surface area contributed by atoms with Crippen LogP contribution in [0.1, 0.15) is 6.42 Å². The SMILES string of the molecule is CSCCC(CO)N(C)C. The van der Waals surface area contributed by atoms with Crippen molar-refractivity contribution in [2.45, 2.75) is 12.5 Å². The van der Waals surface area contributed by atoms with E-state index < -0.39 is 0 Å². The zero-order chi connectivity index (χ0) is 7.98. The summed E-state index contributed by atoms with van der Waals surface area (Å²) >= 11 is 1.82. The van der Waals surface area contributed by atoms with Crippen LogP contribution < -0.4 is 0 Å². The van der Waals surface area contributed by atoms with Crippen LogP contribution in [-0.2, 0) is 0 Å². The minimum atomic E-state index is 0.271. The van der Waals surface area contributed by atoms with Gasteiger partial charge in [-0.15, -0.1) is 0 Å². The minimum Gasteiger partial charge on any atom is -0.395 e. The largest absolute Gasteiger partial charge is 0.395 e. The molecule has 0 saturated carbocycles. The predicted molar refractivity (Wildman–Crippen MR) is 47.6 cm³/mol. The van der Waals surface area contributed by atoms with Gasteiger partial charge in [-0.05, 0) is 32.5 Å². The Morgan fingerprint density at radius 1 is 1.50 bits per heavy atom. The first-order chi connectivity index (χ1) is 4.72. The fraction of sp³-hybridized carbons (Fsp3) is 1.00. The van der Waals surface area contributed by atoms with Crippen molar-refractivity contribution in [3.05, 3.63) is 0 Å². The van der Waals surface area contributed by atoms with Crippen molar-refractivity contribution in [1.29, 1.82) is 0 Å². The second kappa shape index (κ2) is 6.01. The molecule has 1 unspecified atom stereocenters. The van der Waals surface area contributed by atoms with E-state index in [1.54, 1.807) is 0 Å². The topological polar surface area (TPSA) is 23.5 Å². The van der Waals surface area contributed by atoms with Crippen LogP contribution in [0.25, 0.3) is 0 Å². The lowest BCUT2D eigenvalue weighted by Gasteiger charge is -2.21. The Bertz CT molecular complexity index is 78.0. The van der Waals surface area contributed by atoms with Gasteiger partial charge in [-0.25, -0.2) is 0 Å². The van der Waals surface area contributed by atoms with Crippen molar-refractivity contribution in [3.63, 3.8) is 0 Å². The van der Waals surface area contributed by atoms with Gasteiger partial charge in [0.05, 0.1) is 6.61 Å². The van der Waals surface area contributed by atoms with Crippen LogP contribution in [0.3, 0.4) is 0 Å². The van der Waals surface area contributed by atoms with Gasteiger partial charge < -0.3 is 10.0 Å². The molecule has 1 N–H and O–H groups in total. The van der Waals surface area contributed by atoms with Crippen LogP contribution in [0, 0.1) is 0 Å². The lowest BCUT2D eigenvalue weighted by atomic mass is 10.2. The molecule has 0 rings (SSSR count). The van der Waals surface area contributed by atoms with Crippen molar-refractivity contribution in [1.82, 2.24) is 4.90 Å². The predicted octanol–water partition coefficient (Wildman–Crippen LogP) is 0.662. The van der Waals surface area contributed by atoms with Crippen LogP contribution in [-0.4, -0.2) is 48.8 Å². The van der Waals surface area contributed by atoms with Gasteiger partial charge in [-0.1, -0.05) is 0 Å². The van der Waals surface area contributed by atoms with Gasteiger partial charge in [-0.3, -0.25) is 0 Å². The smallest absolute Gasteiger partial charge is 0.0586 e. The molecule has 0 aliphatic heterocycles. The van der Waals surface area contributed by atoms with Crippen LogP contribution >= 0.6 is 11.8 Å². The fourth-order valence-electron chi connectivity index (χ4n) is 0.767. The third-order valence-corrected chi connectivity index (χ3v) is 2.24. The molecule has 3 heteroatoms. The first-order valence-electron chi connectivity index (χ1n) is 3.48. The number of rotatable bonds is 5. The van der Waals surface area contributed by atoms with Crippen molar-refractivity contribution in [3.8, 4) is 0 Å². The average Bonchev–Trinajstić information content (AvgIpc) is 1.89. The first-order valence-corrected chi connectivity index (χ1v) is 4.88. The van der Waals surface area contributed by atoms with Crippen molar-refractivity contribution < 1.29 is 5.11 Å². The van der Waals surface area contributed by atoms with Crippen LogP contribution in [0.15, 0.2) is 0 Å². The van der Waals surface area contributed by atoms with E-state index in [9.17, 15) is 0 Å². The Kier molecular flexibility index (Phi) is 6.17. The maximum atomic E-state index is 8.87. The molecule has 0 aliphatic carbocycles. The van der Waals surface area contributed by atoms with Crippen molar-refractivity contribution >= 4 is 11.8 Å². The number of nitrogens with zero attached hydrogens (tertiary/aromatic N) is 1. The summed E-state index contributed by atoms with van der Waals surface area (Å²) in [5, 5.41) is 8.87. The van der Waals surface area contributed by atoms with Crippen LogP contribution in [0.2, 0.25) is 0 Å². The highest BCUT2D eigenvalue weighted by Gasteiger charge is 2.07. The number of thioether (sulfide) groups is 1. The maximum Gasteiger partial charge on any atom is 0.0586 e. The summed E-state index contributed by atoms with van der Waals surface area (Å²) in [5.41, 5.74) is 0. The van der Waals surface area contributed by atoms with Crippen molar-refractivity contribution in [2.24, 2.45) is 0 Å². The summed E-state index contributed by atoms with van der Waals surface area (Å²) in [6.07, 6.45) is 3.16. The number of aliphatic hydroxyl groups is 1. The molecule has 0 bridgehead atoms. The summed E-state index contributed by atoms with van der Waals surface area (Å²) in [6.45, 7) is 0.271. The van der Waals surface area contributed by atoms with E-state index in [1.807, 2.05) is 25.9 Å². The van der Waals surface area contributed by atoms with E-state index in [1.165, 1.54) is 0 Å². The Morgan fingerprint density at radius 3 is 2.40 bits per heavy atom. The number of likely N-dealkylation sites (N-methyl/N-ethyl adjacent to an activating group) is 1. The average molecular weight is 163 g/mol. The molecule has 0 radical (unpaired) electrons. The summed E-state index contributed by atoms with van der Waals surface area (Å²) in [6, 6.07) is 0.340. The van der Waals surface area contributed by atoms with Gasteiger partial charge in [0, 0.05) is 6.04 Å². The molecule has 0 aromatic rings. The quantitative estimate of drug-likeness (QED) is 0.644. The molecule has 0 aromatic carbocycles. The Morgan fingerprint density at radius 2 is 2.10 bits per heavy atom. The highest BCUT2D eigenvalue weighted by Crippen LogP contribution is 2.03. The second-order valence-corrected chi connectivity index (χ2v) is 3.57. The maximum absolute atomic E-state index is 8.87. The van der Waals surface area contributed by atoms with Gasteiger partial charge in [0.1, 0.15) is 0 Å². The molecule has 0 fully saturated rings. The summed E-state index contributed by atoms with van der Waals surface area (Å²) in [7, 11) is 4.00. The van der Waals surface area contributed by atoms with E-state index >= 15 is 0 Å². The molecule has 10 heavy (non-hydrogen) atoms. The monoisotopic (exact) mass is 163 g/mol. The third-order valence-electron chi connectivity index (χ3n) is 1.60. The second-order valence-electron chi connectivity index (χ2n) is 2.58. The lowest BCUT2D eigenvalue weighted by Crippen LogP contribution is -2.31. The first kappa shape index (κ1) is 10.3. The Labute approximate surface area is 67.6 Å². The number of hydrogen-bond donors (Lipinski definition) is 1. The van der Waals surface area contributed by atoms with E-state index in [0.29, 0.717) is 6.04 Å². The molecule has 1 atom stereocenters. The minimum absolute atomic E-state index is 0.271. The molecule has 62 valence electrons.